The van der Waals surface area contributed by atoms with E-state index < -0.39 is 38.0 Å². The smallest absolute Gasteiger partial charge is 0.387 e. The predicted molar refractivity (Wildman–Crippen MR) is 120 cm³/mol. The third-order valence-corrected chi connectivity index (χ3v) is 7.61. The van der Waals surface area contributed by atoms with E-state index in [2.05, 4.69) is 15.0 Å². The minimum atomic E-state index is -3.97. The lowest BCUT2D eigenvalue weighted by Crippen LogP contribution is -2.44. The van der Waals surface area contributed by atoms with E-state index in [1.165, 1.54) is 24.1 Å². The highest BCUT2D eigenvalue weighted by molar-refractivity contribution is 7.48. The van der Waals surface area contributed by atoms with Gasteiger partial charge in [-0.25, -0.2) is 19.5 Å². The van der Waals surface area contributed by atoms with Crippen molar-refractivity contribution < 1.29 is 33.1 Å². The van der Waals surface area contributed by atoms with E-state index in [9.17, 15) is 14.8 Å². The highest BCUT2D eigenvalue weighted by Crippen LogP contribution is 2.57. The number of nitrogens with two attached hydrogens (primary N) is 1. The van der Waals surface area contributed by atoms with Gasteiger partial charge in [0.25, 0.3) is 0 Å². The molecule has 5 rings (SSSR count). The van der Waals surface area contributed by atoms with Crippen LogP contribution in [0.15, 0.2) is 36.9 Å². The van der Waals surface area contributed by atoms with Crippen LogP contribution in [0.25, 0.3) is 11.2 Å². The molecular formula is C20H23ClN5O7P. The summed E-state index contributed by atoms with van der Waals surface area (Å²) >= 11 is 6.05. The molecule has 6 atom stereocenters. The van der Waals surface area contributed by atoms with Crippen LogP contribution in [0, 0.1) is 0 Å². The Kier molecular flexibility index (Phi) is 6.11. The first-order chi connectivity index (χ1) is 16.2. The van der Waals surface area contributed by atoms with Crippen molar-refractivity contribution in [3.05, 3.63) is 47.5 Å². The Balaban J connectivity index is 1.31. The summed E-state index contributed by atoms with van der Waals surface area (Å²) < 4.78 is 36.9. The molecular weight excluding hydrogens is 489 g/mol. The molecule has 2 aliphatic heterocycles. The molecule has 4 heterocycles. The van der Waals surface area contributed by atoms with Crippen LogP contribution < -0.4 is 5.73 Å². The second-order valence-corrected chi connectivity index (χ2v) is 10.4. The van der Waals surface area contributed by atoms with E-state index in [1.54, 1.807) is 18.2 Å². The maximum Gasteiger partial charge on any atom is 0.475 e. The van der Waals surface area contributed by atoms with Gasteiger partial charge in [-0.2, -0.15) is 0 Å². The number of imidazole rings is 1. The molecule has 182 valence electrons. The minimum Gasteiger partial charge on any atom is -0.387 e. The Morgan fingerprint density at radius 1 is 1.38 bits per heavy atom. The number of ether oxygens (including phenoxy) is 1. The van der Waals surface area contributed by atoms with Gasteiger partial charge in [-0.1, -0.05) is 23.7 Å². The largest absolute Gasteiger partial charge is 0.475 e. The van der Waals surface area contributed by atoms with Crippen LogP contribution >= 0.6 is 19.4 Å². The Hall–Kier alpha value is -2.15. The van der Waals surface area contributed by atoms with Gasteiger partial charge in [0.15, 0.2) is 17.7 Å². The fraction of sp³-hybridized carbons (Fsp3) is 0.450. The van der Waals surface area contributed by atoms with E-state index in [0.717, 1.165) is 5.56 Å². The molecule has 1 aromatic carbocycles. The number of benzene rings is 1. The van der Waals surface area contributed by atoms with Gasteiger partial charge < -0.3 is 20.7 Å². The van der Waals surface area contributed by atoms with Gasteiger partial charge in [-0.05, 0) is 24.6 Å². The van der Waals surface area contributed by atoms with E-state index in [4.69, 9.17) is 35.6 Å². The first-order valence-electron chi connectivity index (χ1n) is 10.5. The average Bonchev–Trinajstić information content (AvgIpc) is 3.32. The molecule has 0 spiro atoms. The van der Waals surface area contributed by atoms with Crippen molar-refractivity contribution in [2.24, 2.45) is 0 Å². The summed E-state index contributed by atoms with van der Waals surface area (Å²) in [7, 11) is -3.97. The summed E-state index contributed by atoms with van der Waals surface area (Å²) in [6.07, 6.45) is -0.956. The maximum absolute atomic E-state index is 13.1. The maximum atomic E-state index is 13.1. The fourth-order valence-electron chi connectivity index (χ4n) is 4.10. The number of hydrogen-bond donors (Lipinski definition) is 3. The lowest BCUT2D eigenvalue weighted by molar-refractivity contribution is -0.0953. The first-order valence-corrected chi connectivity index (χ1v) is 12.3. The van der Waals surface area contributed by atoms with Crippen LogP contribution in [0.2, 0.25) is 5.02 Å². The second kappa shape index (κ2) is 8.81. The summed E-state index contributed by atoms with van der Waals surface area (Å²) in [6, 6.07) is 7.03. The number of nitrogen functional groups attached to an aromatic ring is 1. The Morgan fingerprint density at radius 3 is 3.00 bits per heavy atom. The van der Waals surface area contributed by atoms with Crippen LogP contribution in [0.3, 0.4) is 0 Å². The summed E-state index contributed by atoms with van der Waals surface area (Å²) in [5.74, 6) is 0.167. The molecule has 0 aliphatic carbocycles. The zero-order valence-corrected chi connectivity index (χ0v) is 19.7. The molecule has 0 saturated carbocycles. The predicted octanol–water partition coefficient (Wildman–Crippen LogP) is 2.37. The number of nitrogens with zero attached hydrogens (tertiary/aromatic N) is 4. The highest BCUT2D eigenvalue weighted by Gasteiger charge is 2.54. The average molecular weight is 512 g/mol. The lowest BCUT2D eigenvalue weighted by atomic mass is 9.96. The van der Waals surface area contributed by atoms with E-state index in [1.807, 2.05) is 6.07 Å². The van der Waals surface area contributed by atoms with Gasteiger partial charge >= 0.3 is 7.82 Å². The number of aliphatic hydroxyl groups excluding tert-OH is 1. The Labute approximate surface area is 199 Å². The number of hydrogen-bond acceptors (Lipinski definition) is 11. The van der Waals surface area contributed by atoms with Gasteiger partial charge in [-0.15, -0.1) is 0 Å². The molecule has 34 heavy (non-hydrogen) atoms. The molecule has 2 saturated heterocycles. The summed E-state index contributed by atoms with van der Waals surface area (Å²) in [5.41, 5.74) is 5.47. The number of phosphoric ester groups is 1. The molecule has 0 radical (unpaired) electrons. The first kappa shape index (κ1) is 23.6. The third-order valence-electron chi connectivity index (χ3n) is 5.90. The minimum absolute atomic E-state index is 0.144. The highest BCUT2D eigenvalue weighted by atomic mass is 35.5. The molecule has 3 aromatic rings. The molecule has 2 aliphatic rings. The topological polar surface area (TPSA) is 164 Å². The van der Waals surface area contributed by atoms with Crippen molar-refractivity contribution in [3.8, 4) is 0 Å². The fourth-order valence-corrected chi connectivity index (χ4v) is 5.69. The van der Waals surface area contributed by atoms with Crippen molar-refractivity contribution in [3.63, 3.8) is 0 Å². The number of aliphatic hydroxyl groups is 2. The Bertz CT molecular complexity index is 1260. The van der Waals surface area contributed by atoms with E-state index in [-0.39, 0.29) is 19.0 Å². The molecule has 14 heteroatoms. The summed E-state index contributed by atoms with van der Waals surface area (Å²) in [6.45, 7) is 1.19. The van der Waals surface area contributed by atoms with Gasteiger partial charge in [0.05, 0.1) is 25.6 Å². The monoisotopic (exact) mass is 511 g/mol. The van der Waals surface area contributed by atoms with Gasteiger partial charge in [0, 0.05) is 11.4 Å². The van der Waals surface area contributed by atoms with Crippen LogP contribution in [0.4, 0.5) is 5.82 Å². The molecule has 2 fully saturated rings. The van der Waals surface area contributed by atoms with Crippen molar-refractivity contribution >= 4 is 36.4 Å². The summed E-state index contributed by atoms with van der Waals surface area (Å²) in [5, 5.41) is 22.3. The number of fused-ring (bicyclic) bond motifs is 1. The van der Waals surface area contributed by atoms with Crippen molar-refractivity contribution in [1.82, 2.24) is 19.5 Å². The van der Waals surface area contributed by atoms with Crippen LogP contribution in [-0.2, 0) is 22.9 Å². The second-order valence-electron chi connectivity index (χ2n) is 8.29. The lowest BCUT2D eigenvalue weighted by Gasteiger charge is -2.30. The molecule has 0 amide bonds. The molecule has 2 aromatic heterocycles. The molecule has 0 bridgehead atoms. The van der Waals surface area contributed by atoms with Crippen LogP contribution in [0.5, 0.6) is 0 Å². The number of anilines is 1. The third kappa shape index (κ3) is 4.21. The van der Waals surface area contributed by atoms with Crippen LogP contribution in [0.1, 0.15) is 31.2 Å². The zero-order chi connectivity index (χ0) is 24.1. The summed E-state index contributed by atoms with van der Waals surface area (Å²) in [4.78, 5) is 12.2. The molecule has 4 N–H and O–H groups in total. The zero-order valence-electron chi connectivity index (χ0n) is 18.0. The number of halogens is 1. The van der Waals surface area contributed by atoms with Crippen molar-refractivity contribution in [2.45, 2.75) is 43.5 Å². The number of phosphoric acid groups is 1. The van der Waals surface area contributed by atoms with Crippen LogP contribution in [-0.4, -0.2) is 60.8 Å². The quantitative estimate of drug-likeness (QED) is 0.430. The van der Waals surface area contributed by atoms with Gasteiger partial charge in [0.1, 0.15) is 29.7 Å². The van der Waals surface area contributed by atoms with Crippen molar-refractivity contribution in [1.29, 1.82) is 0 Å². The number of rotatable bonds is 5. The number of aromatic nitrogens is 4. The van der Waals surface area contributed by atoms with Gasteiger partial charge in [-0.3, -0.25) is 18.1 Å². The SMILES string of the molecule is C[C@@]1(O)[C@H](O)[C@@H](CO[P@@]2(=O)OCC[C@@H](c3cccc(Cl)c3)O2)O[C@H]1n1cnc2c(N)ncnc21. The molecule has 0 unspecified atom stereocenters. The molecule has 12 nitrogen and oxygen atoms in total. The van der Waals surface area contributed by atoms with Crippen molar-refractivity contribution in [2.75, 3.05) is 18.9 Å². The standard InChI is InChI=1S/C20H23ClN5O7P/c1-20(28)16(27)14(32-19(20)26-10-25-15-17(22)23-9-24-18(15)26)8-31-34(29)30-6-5-13(33-34)11-3-2-4-12(21)7-11/h2-4,7,9-10,13-14,16,19,27-28H,5-6,8H2,1H3,(H2,22,23,24)/t13-,14+,16+,19+,20+,34+/m0/s1. The van der Waals surface area contributed by atoms with E-state index in [0.29, 0.717) is 22.6 Å². The van der Waals surface area contributed by atoms with E-state index >= 15 is 0 Å². The normalized spacial score (nSPS) is 34.0. The Morgan fingerprint density at radius 2 is 2.21 bits per heavy atom. The van der Waals surface area contributed by atoms with Gasteiger partial charge in [0.2, 0.25) is 0 Å².